The molecule has 0 aromatic heterocycles. The molecule has 0 aliphatic carbocycles. The molecular formula is C12H21O10. The van der Waals surface area contributed by atoms with Crippen molar-refractivity contribution in [3.8, 4) is 0 Å². The van der Waals surface area contributed by atoms with Crippen molar-refractivity contribution in [1.82, 2.24) is 0 Å². The topological polar surface area (TPSA) is 169 Å². The zero-order chi connectivity index (χ0) is 16.4. The summed E-state index contributed by atoms with van der Waals surface area (Å²) in [5.74, 6) is 0. The highest BCUT2D eigenvalue weighted by Crippen LogP contribution is 2.27. The molecule has 0 aromatic carbocycles. The van der Waals surface area contributed by atoms with E-state index in [1.807, 2.05) is 0 Å². The van der Waals surface area contributed by atoms with Crippen molar-refractivity contribution in [3.63, 3.8) is 0 Å². The number of aliphatic hydroxyl groups is 7. The number of rotatable bonds is 4. The van der Waals surface area contributed by atoms with E-state index in [0.717, 1.165) is 6.61 Å². The molecule has 10 nitrogen and oxygen atoms in total. The van der Waals surface area contributed by atoms with E-state index in [0.29, 0.717) is 0 Å². The molecule has 0 spiro atoms. The van der Waals surface area contributed by atoms with Gasteiger partial charge in [-0.3, -0.25) is 0 Å². The Bertz CT molecular complexity index is 351. The Hall–Kier alpha value is -0.400. The molecule has 1 radical (unpaired) electrons. The molecule has 0 unspecified atom stereocenters. The fourth-order valence-electron chi connectivity index (χ4n) is 2.40. The molecule has 2 heterocycles. The third kappa shape index (κ3) is 3.41. The SMILES string of the molecule is OC[C@H]1O[C@@H](O[C@H]2[C@H](O)[C@@H](O)[CH]O[C@@H]2CO)[C@H](O)[C@@H](O)[C@@H]1O. The van der Waals surface area contributed by atoms with Crippen LogP contribution in [0.15, 0.2) is 0 Å². The van der Waals surface area contributed by atoms with E-state index in [-0.39, 0.29) is 0 Å². The van der Waals surface area contributed by atoms with Crippen LogP contribution in [0.1, 0.15) is 0 Å². The molecule has 2 fully saturated rings. The third-order valence-electron chi connectivity index (χ3n) is 3.77. The first kappa shape index (κ1) is 17.9. The summed E-state index contributed by atoms with van der Waals surface area (Å²) in [5.41, 5.74) is 0. The van der Waals surface area contributed by atoms with Gasteiger partial charge in [-0.2, -0.15) is 0 Å². The molecule has 22 heavy (non-hydrogen) atoms. The van der Waals surface area contributed by atoms with E-state index >= 15 is 0 Å². The maximum atomic E-state index is 9.90. The van der Waals surface area contributed by atoms with Crippen LogP contribution < -0.4 is 0 Å². The summed E-state index contributed by atoms with van der Waals surface area (Å²) in [6.45, 7) is -0.227. The highest BCUT2D eigenvalue weighted by molar-refractivity contribution is 4.95. The van der Waals surface area contributed by atoms with Gasteiger partial charge in [0, 0.05) is 0 Å². The average Bonchev–Trinajstić information content (AvgIpc) is 2.52. The van der Waals surface area contributed by atoms with Gasteiger partial charge in [0.2, 0.25) is 0 Å². The van der Waals surface area contributed by atoms with Crippen molar-refractivity contribution in [3.05, 3.63) is 6.61 Å². The summed E-state index contributed by atoms with van der Waals surface area (Å²) in [4.78, 5) is 0. The molecule has 0 bridgehead atoms. The lowest BCUT2D eigenvalue weighted by atomic mass is 9.97. The second-order valence-electron chi connectivity index (χ2n) is 5.27. The maximum absolute atomic E-state index is 9.90. The second kappa shape index (κ2) is 7.45. The van der Waals surface area contributed by atoms with Gasteiger partial charge in [0.15, 0.2) is 6.29 Å². The Kier molecular flexibility index (Phi) is 6.07. The van der Waals surface area contributed by atoms with Crippen LogP contribution in [0.5, 0.6) is 0 Å². The van der Waals surface area contributed by atoms with Gasteiger partial charge in [0.1, 0.15) is 55.4 Å². The number of hydrogen-bond donors (Lipinski definition) is 7. The smallest absolute Gasteiger partial charge is 0.187 e. The number of aliphatic hydroxyl groups excluding tert-OH is 7. The fraction of sp³-hybridized carbons (Fsp3) is 0.917. The largest absolute Gasteiger partial charge is 0.394 e. The molecule has 0 saturated carbocycles. The lowest BCUT2D eigenvalue weighted by Gasteiger charge is -2.44. The van der Waals surface area contributed by atoms with E-state index in [2.05, 4.69) is 0 Å². The number of hydrogen-bond acceptors (Lipinski definition) is 10. The van der Waals surface area contributed by atoms with Crippen molar-refractivity contribution in [2.45, 2.75) is 55.1 Å². The van der Waals surface area contributed by atoms with Gasteiger partial charge >= 0.3 is 0 Å². The predicted octanol–water partition coefficient (Wildman–Crippen LogP) is -4.55. The standard InChI is InChI=1S/C12H21O10/c13-1-5-8(17)9(18)10(19)12(21-5)22-11-6(2-14)20-3-4(15)7(11)16/h3-19H,1-2H2/t4-,5+,6+,7+,8+,9-,10+,11+,12-/m0/s1. The van der Waals surface area contributed by atoms with Crippen LogP contribution in [0, 0.1) is 6.61 Å². The van der Waals surface area contributed by atoms with Crippen LogP contribution in [0.4, 0.5) is 0 Å². The van der Waals surface area contributed by atoms with Crippen LogP contribution in [-0.2, 0) is 14.2 Å². The molecule has 2 aliphatic heterocycles. The molecule has 2 saturated heterocycles. The Balaban J connectivity index is 2.09. The van der Waals surface area contributed by atoms with Crippen molar-refractivity contribution < 1.29 is 50.0 Å². The minimum Gasteiger partial charge on any atom is -0.394 e. The summed E-state index contributed by atoms with van der Waals surface area (Å²) in [7, 11) is 0. The number of ether oxygens (including phenoxy) is 3. The van der Waals surface area contributed by atoms with Crippen molar-refractivity contribution >= 4 is 0 Å². The lowest BCUT2D eigenvalue weighted by Crippen LogP contribution is -2.62. The normalized spacial score (nSPS) is 50.0. The minimum atomic E-state index is -1.66. The summed E-state index contributed by atoms with van der Waals surface area (Å²) in [6.07, 6.45) is -12.6. The summed E-state index contributed by atoms with van der Waals surface area (Å²) >= 11 is 0. The monoisotopic (exact) mass is 325 g/mol. The fourth-order valence-corrected chi connectivity index (χ4v) is 2.40. The summed E-state index contributed by atoms with van der Waals surface area (Å²) in [6, 6.07) is 0. The van der Waals surface area contributed by atoms with Gasteiger partial charge in [0.25, 0.3) is 0 Å². The zero-order valence-electron chi connectivity index (χ0n) is 11.5. The van der Waals surface area contributed by atoms with Crippen LogP contribution in [0.2, 0.25) is 0 Å². The van der Waals surface area contributed by atoms with Crippen LogP contribution in [-0.4, -0.2) is 104 Å². The highest BCUT2D eigenvalue weighted by atomic mass is 16.7. The van der Waals surface area contributed by atoms with Gasteiger partial charge in [0.05, 0.1) is 13.2 Å². The molecule has 0 amide bonds. The quantitative estimate of drug-likeness (QED) is 0.267. The first-order chi connectivity index (χ1) is 10.4. The molecule has 0 aromatic rings. The first-order valence-electron chi connectivity index (χ1n) is 6.82. The summed E-state index contributed by atoms with van der Waals surface area (Å²) in [5, 5.41) is 66.9. The second-order valence-corrected chi connectivity index (χ2v) is 5.27. The van der Waals surface area contributed by atoms with Crippen LogP contribution in [0.3, 0.4) is 0 Å². The average molecular weight is 325 g/mol. The van der Waals surface area contributed by atoms with E-state index < -0.39 is 68.3 Å². The molecular weight excluding hydrogens is 304 g/mol. The molecule has 9 atom stereocenters. The maximum Gasteiger partial charge on any atom is 0.187 e. The van der Waals surface area contributed by atoms with Gasteiger partial charge in [-0.1, -0.05) is 0 Å². The molecule has 2 aliphatic rings. The minimum absolute atomic E-state index is 0.539. The zero-order valence-corrected chi connectivity index (χ0v) is 11.5. The first-order valence-corrected chi connectivity index (χ1v) is 6.82. The van der Waals surface area contributed by atoms with Crippen molar-refractivity contribution in [1.29, 1.82) is 0 Å². The van der Waals surface area contributed by atoms with E-state index in [1.165, 1.54) is 0 Å². The third-order valence-corrected chi connectivity index (χ3v) is 3.77. The Labute approximate surface area is 126 Å². The van der Waals surface area contributed by atoms with Gasteiger partial charge in [-0.25, -0.2) is 0 Å². The van der Waals surface area contributed by atoms with E-state index in [4.69, 9.17) is 19.3 Å². The van der Waals surface area contributed by atoms with Crippen LogP contribution >= 0.6 is 0 Å². The van der Waals surface area contributed by atoms with Crippen LogP contribution in [0.25, 0.3) is 0 Å². The molecule has 10 heteroatoms. The summed E-state index contributed by atoms with van der Waals surface area (Å²) < 4.78 is 15.4. The van der Waals surface area contributed by atoms with Crippen molar-refractivity contribution in [2.24, 2.45) is 0 Å². The van der Waals surface area contributed by atoms with E-state index in [1.54, 1.807) is 0 Å². The van der Waals surface area contributed by atoms with Gasteiger partial charge in [-0.05, 0) is 0 Å². The Morgan fingerprint density at radius 3 is 2.05 bits per heavy atom. The molecule has 129 valence electrons. The highest BCUT2D eigenvalue weighted by Gasteiger charge is 2.48. The van der Waals surface area contributed by atoms with E-state index in [9.17, 15) is 30.6 Å². The Morgan fingerprint density at radius 2 is 1.45 bits per heavy atom. The van der Waals surface area contributed by atoms with Gasteiger partial charge in [-0.15, -0.1) is 0 Å². The lowest BCUT2D eigenvalue weighted by molar-refractivity contribution is -0.333. The predicted molar refractivity (Wildman–Crippen MR) is 66.9 cm³/mol. The molecule has 7 N–H and O–H groups in total. The van der Waals surface area contributed by atoms with Crippen molar-refractivity contribution in [2.75, 3.05) is 13.2 Å². The Morgan fingerprint density at radius 1 is 0.818 bits per heavy atom. The molecule has 2 rings (SSSR count). The van der Waals surface area contributed by atoms with Gasteiger partial charge < -0.3 is 50.0 Å².